The molecule has 0 aromatic heterocycles. The highest BCUT2D eigenvalue weighted by molar-refractivity contribution is 7.99. The number of nitrogens with two attached hydrogens (primary N) is 1. The molecule has 0 bridgehead atoms. The summed E-state index contributed by atoms with van der Waals surface area (Å²) >= 11 is 1.54. The molecule has 20 heavy (non-hydrogen) atoms. The predicted octanol–water partition coefficient (Wildman–Crippen LogP) is 3.77. The Bertz CT molecular complexity index is 443. The van der Waals surface area contributed by atoms with Crippen molar-refractivity contribution in [2.75, 3.05) is 24.6 Å². The predicted molar refractivity (Wildman–Crippen MR) is 76.8 cm³/mol. The number of rotatable bonds is 4. The second-order valence-corrected chi connectivity index (χ2v) is 6.24. The van der Waals surface area contributed by atoms with E-state index in [2.05, 4.69) is 5.32 Å². The zero-order chi connectivity index (χ0) is 14.6. The largest absolute Gasteiger partial charge is 0.416 e. The lowest BCUT2D eigenvalue weighted by atomic mass is 9.97. The van der Waals surface area contributed by atoms with Gasteiger partial charge in [0.15, 0.2) is 0 Å². The van der Waals surface area contributed by atoms with Gasteiger partial charge in [0.1, 0.15) is 0 Å². The minimum absolute atomic E-state index is 0.214. The van der Waals surface area contributed by atoms with Gasteiger partial charge < -0.3 is 11.1 Å². The number of hydrogen-bond acceptors (Lipinski definition) is 3. The Morgan fingerprint density at radius 2 is 2.15 bits per heavy atom. The first-order chi connectivity index (χ1) is 9.47. The van der Waals surface area contributed by atoms with Crippen LogP contribution in [0.1, 0.15) is 24.8 Å². The molecule has 0 radical (unpaired) electrons. The van der Waals surface area contributed by atoms with Crippen molar-refractivity contribution < 1.29 is 13.2 Å². The first kappa shape index (κ1) is 15.5. The van der Waals surface area contributed by atoms with Crippen LogP contribution in [0.5, 0.6) is 0 Å². The molecule has 2 rings (SSSR count). The van der Waals surface area contributed by atoms with Gasteiger partial charge in [-0.2, -0.15) is 13.2 Å². The zero-order valence-corrected chi connectivity index (χ0v) is 12.0. The van der Waals surface area contributed by atoms with Crippen molar-refractivity contribution in [2.45, 2.75) is 30.3 Å². The highest BCUT2D eigenvalue weighted by Crippen LogP contribution is 2.34. The molecule has 0 spiro atoms. The third kappa shape index (κ3) is 4.31. The Balaban J connectivity index is 1.86. The monoisotopic (exact) mass is 304 g/mol. The number of anilines is 1. The third-order valence-electron chi connectivity index (χ3n) is 3.52. The molecule has 1 fully saturated rings. The van der Waals surface area contributed by atoms with Crippen LogP contribution in [0.15, 0.2) is 23.1 Å². The van der Waals surface area contributed by atoms with E-state index in [-0.39, 0.29) is 5.69 Å². The average Bonchev–Trinajstić information content (AvgIpc) is 2.40. The molecule has 1 heterocycles. The lowest BCUT2D eigenvalue weighted by Gasteiger charge is -2.22. The Kier molecular flexibility index (Phi) is 5.21. The molecule has 3 N–H and O–H groups in total. The zero-order valence-electron chi connectivity index (χ0n) is 11.2. The number of nitrogens with one attached hydrogen (secondary N) is 1. The van der Waals surface area contributed by atoms with Crippen molar-refractivity contribution >= 4 is 17.4 Å². The Hall–Kier alpha value is -0.880. The van der Waals surface area contributed by atoms with Crippen LogP contribution in [-0.4, -0.2) is 18.8 Å². The van der Waals surface area contributed by atoms with Crippen molar-refractivity contribution in [2.24, 2.45) is 5.92 Å². The van der Waals surface area contributed by atoms with Crippen LogP contribution >= 0.6 is 11.8 Å². The number of nitrogen functional groups attached to an aromatic ring is 1. The standard InChI is InChI=1S/C14H19F3N2S/c15-14(16,17)11-3-4-13(12(18)8-11)20-7-5-10-2-1-6-19-9-10/h3-4,8,10,19H,1-2,5-7,9,18H2. The molecule has 1 atom stereocenters. The van der Waals surface area contributed by atoms with Gasteiger partial charge in [0.25, 0.3) is 0 Å². The van der Waals surface area contributed by atoms with Gasteiger partial charge in [0.2, 0.25) is 0 Å². The summed E-state index contributed by atoms with van der Waals surface area (Å²) in [6.45, 7) is 2.14. The van der Waals surface area contributed by atoms with E-state index in [4.69, 9.17) is 5.73 Å². The van der Waals surface area contributed by atoms with Gasteiger partial charge in [-0.25, -0.2) is 0 Å². The first-order valence-electron chi connectivity index (χ1n) is 6.77. The SMILES string of the molecule is Nc1cc(C(F)(F)F)ccc1SCCC1CCCNC1. The first-order valence-corrected chi connectivity index (χ1v) is 7.75. The number of hydrogen-bond donors (Lipinski definition) is 2. The maximum Gasteiger partial charge on any atom is 0.416 e. The van der Waals surface area contributed by atoms with Crippen LogP contribution in [-0.2, 0) is 6.18 Å². The third-order valence-corrected chi connectivity index (χ3v) is 4.64. The minimum atomic E-state index is -4.33. The molecule has 1 unspecified atom stereocenters. The normalized spacial score (nSPS) is 20.1. The number of thioether (sulfide) groups is 1. The van der Waals surface area contributed by atoms with Crippen LogP contribution in [0.3, 0.4) is 0 Å². The summed E-state index contributed by atoms with van der Waals surface area (Å²) in [4.78, 5) is 0.738. The van der Waals surface area contributed by atoms with Crippen LogP contribution in [0, 0.1) is 5.92 Å². The van der Waals surface area contributed by atoms with Gasteiger partial charge in [-0.3, -0.25) is 0 Å². The van der Waals surface area contributed by atoms with Crippen molar-refractivity contribution in [1.82, 2.24) is 5.32 Å². The Labute approximate surface area is 121 Å². The topological polar surface area (TPSA) is 38.0 Å². The Morgan fingerprint density at radius 3 is 2.75 bits per heavy atom. The molecule has 112 valence electrons. The number of halogens is 3. The van der Waals surface area contributed by atoms with Crippen molar-refractivity contribution in [3.8, 4) is 0 Å². The molecule has 0 aliphatic carbocycles. The summed E-state index contributed by atoms with van der Waals surface area (Å²) in [5.74, 6) is 1.56. The molecule has 2 nitrogen and oxygen atoms in total. The average molecular weight is 304 g/mol. The van der Waals surface area contributed by atoms with E-state index in [9.17, 15) is 13.2 Å². The lowest BCUT2D eigenvalue weighted by Crippen LogP contribution is -2.29. The number of alkyl halides is 3. The van der Waals surface area contributed by atoms with E-state index >= 15 is 0 Å². The highest BCUT2D eigenvalue weighted by atomic mass is 32.2. The summed E-state index contributed by atoms with van der Waals surface area (Å²) in [5, 5.41) is 3.36. The minimum Gasteiger partial charge on any atom is -0.398 e. The summed E-state index contributed by atoms with van der Waals surface area (Å²) in [6.07, 6.45) is -0.822. The van der Waals surface area contributed by atoms with E-state index in [1.54, 1.807) is 0 Å². The van der Waals surface area contributed by atoms with Crippen LogP contribution < -0.4 is 11.1 Å². The fourth-order valence-corrected chi connectivity index (χ4v) is 3.42. The van der Waals surface area contributed by atoms with Gasteiger partial charge in [0, 0.05) is 10.6 Å². The van der Waals surface area contributed by atoms with Crippen LogP contribution in [0.25, 0.3) is 0 Å². The molecule has 0 amide bonds. The number of benzene rings is 1. The maximum absolute atomic E-state index is 12.5. The van der Waals surface area contributed by atoms with E-state index in [0.717, 1.165) is 42.3 Å². The summed E-state index contributed by atoms with van der Waals surface area (Å²) in [6, 6.07) is 3.59. The quantitative estimate of drug-likeness (QED) is 0.657. The Morgan fingerprint density at radius 1 is 1.35 bits per heavy atom. The highest BCUT2D eigenvalue weighted by Gasteiger charge is 2.30. The van der Waals surface area contributed by atoms with Crippen LogP contribution in [0.4, 0.5) is 18.9 Å². The second kappa shape index (κ2) is 6.72. The molecule has 1 aromatic carbocycles. The van der Waals surface area contributed by atoms with Crippen molar-refractivity contribution in [3.05, 3.63) is 23.8 Å². The van der Waals surface area contributed by atoms with E-state index < -0.39 is 11.7 Å². The van der Waals surface area contributed by atoms with E-state index in [1.165, 1.54) is 30.7 Å². The maximum atomic E-state index is 12.5. The molecule has 1 aromatic rings. The van der Waals surface area contributed by atoms with Gasteiger partial charge >= 0.3 is 6.18 Å². The molecular weight excluding hydrogens is 285 g/mol. The molecule has 1 saturated heterocycles. The number of piperidine rings is 1. The van der Waals surface area contributed by atoms with Gasteiger partial charge in [0.05, 0.1) is 5.56 Å². The van der Waals surface area contributed by atoms with Gasteiger partial charge in [-0.15, -0.1) is 11.8 Å². The van der Waals surface area contributed by atoms with Gasteiger partial charge in [-0.05, 0) is 62.2 Å². The molecule has 6 heteroatoms. The molecular formula is C14H19F3N2S. The van der Waals surface area contributed by atoms with Crippen molar-refractivity contribution in [3.63, 3.8) is 0 Å². The second-order valence-electron chi connectivity index (χ2n) is 5.10. The van der Waals surface area contributed by atoms with Gasteiger partial charge in [-0.1, -0.05) is 0 Å². The van der Waals surface area contributed by atoms with Crippen LogP contribution in [0.2, 0.25) is 0 Å². The summed E-state index contributed by atoms with van der Waals surface area (Å²) < 4.78 is 37.6. The van der Waals surface area contributed by atoms with Crippen molar-refractivity contribution in [1.29, 1.82) is 0 Å². The van der Waals surface area contributed by atoms with E-state index in [1.807, 2.05) is 0 Å². The summed E-state index contributed by atoms with van der Waals surface area (Å²) in [5.41, 5.74) is 5.23. The molecule has 1 aliphatic heterocycles. The van der Waals surface area contributed by atoms with E-state index in [0.29, 0.717) is 5.92 Å². The molecule has 0 saturated carbocycles. The molecule has 1 aliphatic rings. The lowest BCUT2D eigenvalue weighted by molar-refractivity contribution is -0.137. The smallest absolute Gasteiger partial charge is 0.398 e. The fourth-order valence-electron chi connectivity index (χ4n) is 2.36. The summed E-state index contributed by atoms with van der Waals surface area (Å²) in [7, 11) is 0. The fraction of sp³-hybridized carbons (Fsp3) is 0.571.